The molecule has 0 aromatic carbocycles. The van der Waals surface area contributed by atoms with Gasteiger partial charge in [-0.2, -0.15) is 0 Å². The lowest BCUT2D eigenvalue weighted by molar-refractivity contribution is -0.305. The standard InChI is InChI=1S/C45H76O9/c1-3-5-7-9-11-13-15-17-18-19-20-21-23-25-27-29-31-33-35-51-37-39(38-52-45-44(50)43(49)42(48)40(36-46)54-45)53-41(47)34-32-30-28-26-24-22-16-14-12-10-8-6-4-2/h5,7-8,10-11,13-14,16-18,20-21,39-40,42-46,48-50H,3-4,6,9,12,15,19,22-38H2,1-2H3/b7-5-,10-8-,13-11-,16-14-,18-17-,21-20-. The molecule has 0 aromatic rings. The van der Waals surface area contributed by atoms with Crippen LogP contribution in [-0.2, 0) is 23.7 Å². The predicted molar refractivity (Wildman–Crippen MR) is 219 cm³/mol. The lowest BCUT2D eigenvalue weighted by Crippen LogP contribution is -2.59. The van der Waals surface area contributed by atoms with Gasteiger partial charge in [-0.05, 0) is 77.0 Å². The summed E-state index contributed by atoms with van der Waals surface area (Å²) >= 11 is 0. The van der Waals surface area contributed by atoms with Gasteiger partial charge in [-0.25, -0.2) is 0 Å². The number of aliphatic hydroxyl groups excluding tert-OH is 4. The normalized spacial score (nSPS) is 21.6. The van der Waals surface area contributed by atoms with Crippen molar-refractivity contribution in [3.8, 4) is 0 Å². The summed E-state index contributed by atoms with van der Waals surface area (Å²) < 4.78 is 22.7. The van der Waals surface area contributed by atoms with E-state index in [-0.39, 0.29) is 19.2 Å². The van der Waals surface area contributed by atoms with E-state index < -0.39 is 43.4 Å². The number of hydrogen-bond acceptors (Lipinski definition) is 9. The molecule has 9 heteroatoms. The van der Waals surface area contributed by atoms with E-state index in [1.807, 2.05) is 0 Å². The highest BCUT2D eigenvalue weighted by molar-refractivity contribution is 5.69. The summed E-state index contributed by atoms with van der Waals surface area (Å²) in [5.74, 6) is -0.340. The summed E-state index contributed by atoms with van der Waals surface area (Å²) in [6, 6.07) is 0. The molecule has 0 saturated carbocycles. The summed E-state index contributed by atoms with van der Waals surface area (Å²) in [6.07, 6.45) is 39.2. The van der Waals surface area contributed by atoms with Crippen LogP contribution in [-0.4, -0.2) is 89.6 Å². The van der Waals surface area contributed by atoms with Crippen molar-refractivity contribution < 1.29 is 44.2 Å². The molecule has 310 valence electrons. The first kappa shape index (κ1) is 49.6. The van der Waals surface area contributed by atoms with Crippen LogP contribution in [0.5, 0.6) is 0 Å². The second-order valence-corrected chi connectivity index (χ2v) is 14.0. The van der Waals surface area contributed by atoms with Crippen LogP contribution in [0.15, 0.2) is 72.9 Å². The van der Waals surface area contributed by atoms with Crippen molar-refractivity contribution in [3.63, 3.8) is 0 Å². The van der Waals surface area contributed by atoms with E-state index in [1.165, 1.54) is 12.8 Å². The number of unbranched alkanes of at least 4 members (excludes halogenated alkanes) is 11. The van der Waals surface area contributed by atoms with Crippen molar-refractivity contribution in [2.24, 2.45) is 0 Å². The van der Waals surface area contributed by atoms with Gasteiger partial charge >= 0.3 is 5.97 Å². The van der Waals surface area contributed by atoms with Crippen molar-refractivity contribution in [1.82, 2.24) is 0 Å². The maximum atomic E-state index is 12.7. The molecule has 4 N–H and O–H groups in total. The second kappa shape index (κ2) is 36.3. The first-order chi connectivity index (χ1) is 26.4. The Hall–Kier alpha value is -2.37. The average Bonchev–Trinajstić information content (AvgIpc) is 3.17. The zero-order valence-corrected chi connectivity index (χ0v) is 33.7. The minimum Gasteiger partial charge on any atom is -0.457 e. The number of carbonyl (C=O) groups is 1. The molecule has 0 bridgehead atoms. The number of rotatable bonds is 34. The first-order valence-electron chi connectivity index (χ1n) is 21.0. The highest BCUT2D eigenvalue weighted by atomic mass is 16.7. The van der Waals surface area contributed by atoms with Crippen LogP contribution in [0, 0.1) is 0 Å². The Labute approximate surface area is 327 Å². The van der Waals surface area contributed by atoms with Gasteiger partial charge in [-0.15, -0.1) is 0 Å². The predicted octanol–water partition coefficient (Wildman–Crippen LogP) is 8.91. The van der Waals surface area contributed by atoms with Crippen molar-refractivity contribution in [1.29, 1.82) is 0 Å². The molecule has 0 aromatic heterocycles. The number of aliphatic hydroxyl groups is 4. The third kappa shape index (κ3) is 27.2. The van der Waals surface area contributed by atoms with E-state index in [2.05, 4.69) is 86.8 Å². The number of carbonyl (C=O) groups excluding carboxylic acids is 1. The average molecular weight is 761 g/mol. The summed E-state index contributed by atoms with van der Waals surface area (Å²) in [6.45, 7) is 4.29. The van der Waals surface area contributed by atoms with E-state index in [9.17, 15) is 25.2 Å². The number of ether oxygens (including phenoxy) is 4. The zero-order valence-electron chi connectivity index (χ0n) is 33.7. The Bertz CT molecular complexity index is 1050. The first-order valence-corrected chi connectivity index (χ1v) is 21.0. The monoisotopic (exact) mass is 761 g/mol. The molecule has 9 nitrogen and oxygen atoms in total. The molecular formula is C45H76O9. The van der Waals surface area contributed by atoms with E-state index in [1.54, 1.807) is 0 Å². The zero-order chi connectivity index (χ0) is 39.3. The highest BCUT2D eigenvalue weighted by Gasteiger charge is 2.44. The van der Waals surface area contributed by atoms with Crippen LogP contribution >= 0.6 is 0 Å². The number of allylic oxidation sites excluding steroid dienone is 12. The smallest absolute Gasteiger partial charge is 0.306 e. The summed E-state index contributed by atoms with van der Waals surface area (Å²) in [4.78, 5) is 12.7. The SMILES string of the molecule is CC/C=C\C/C=C\C/C=C\C/C=C\CCCCCCCOCC(COC1OC(CO)C(O)C(O)C1O)OC(=O)CCCCCCC/C=C\C/C=C\CCC. The molecule has 1 aliphatic heterocycles. The van der Waals surface area contributed by atoms with Gasteiger partial charge in [-0.1, -0.05) is 132 Å². The van der Waals surface area contributed by atoms with Gasteiger partial charge < -0.3 is 39.4 Å². The van der Waals surface area contributed by atoms with Gasteiger partial charge in [-0.3, -0.25) is 4.79 Å². The van der Waals surface area contributed by atoms with Crippen LogP contribution in [0.3, 0.4) is 0 Å². The number of esters is 1. The van der Waals surface area contributed by atoms with E-state index in [4.69, 9.17) is 18.9 Å². The van der Waals surface area contributed by atoms with Gasteiger partial charge in [0.05, 0.1) is 19.8 Å². The molecular weight excluding hydrogens is 684 g/mol. The van der Waals surface area contributed by atoms with Gasteiger partial charge in [0.15, 0.2) is 6.29 Å². The van der Waals surface area contributed by atoms with Crippen LogP contribution < -0.4 is 0 Å². The van der Waals surface area contributed by atoms with Gasteiger partial charge in [0.2, 0.25) is 0 Å². The fraction of sp³-hybridized carbons (Fsp3) is 0.711. The van der Waals surface area contributed by atoms with Gasteiger partial charge in [0.1, 0.15) is 30.5 Å². The molecule has 0 spiro atoms. The molecule has 1 aliphatic rings. The summed E-state index contributed by atoms with van der Waals surface area (Å²) in [5, 5.41) is 40.0. The van der Waals surface area contributed by atoms with Crippen molar-refractivity contribution >= 4 is 5.97 Å². The van der Waals surface area contributed by atoms with E-state index in [0.29, 0.717) is 13.0 Å². The quantitative estimate of drug-likeness (QED) is 0.0288. The summed E-state index contributed by atoms with van der Waals surface area (Å²) in [5.41, 5.74) is 0. The molecule has 6 unspecified atom stereocenters. The maximum Gasteiger partial charge on any atom is 0.306 e. The largest absolute Gasteiger partial charge is 0.457 e. The van der Waals surface area contributed by atoms with Crippen LogP contribution in [0.2, 0.25) is 0 Å². The Kier molecular flexibility index (Phi) is 33.4. The molecule has 54 heavy (non-hydrogen) atoms. The van der Waals surface area contributed by atoms with Crippen molar-refractivity contribution in [3.05, 3.63) is 72.9 Å². The van der Waals surface area contributed by atoms with Gasteiger partial charge in [0, 0.05) is 13.0 Å². The Balaban J connectivity index is 2.32. The topological polar surface area (TPSA) is 135 Å². The van der Waals surface area contributed by atoms with Gasteiger partial charge in [0.25, 0.3) is 0 Å². The van der Waals surface area contributed by atoms with Crippen molar-refractivity contribution in [2.75, 3.05) is 26.4 Å². The molecule has 1 heterocycles. The molecule has 0 aliphatic carbocycles. The lowest BCUT2D eigenvalue weighted by Gasteiger charge is -2.39. The van der Waals surface area contributed by atoms with E-state index >= 15 is 0 Å². The molecule has 6 atom stereocenters. The fourth-order valence-corrected chi connectivity index (χ4v) is 5.81. The Morgan fingerprint density at radius 2 is 1.13 bits per heavy atom. The Morgan fingerprint density at radius 1 is 0.611 bits per heavy atom. The molecule has 0 amide bonds. The Morgan fingerprint density at radius 3 is 1.70 bits per heavy atom. The molecule has 1 fully saturated rings. The number of hydrogen-bond donors (Lipinski definition) is 4. The maximum absolute atomic E-state index is 12.7. The highest BCUT2D eigenvalue weighted by Crippen LogP contribution is 2.22. The van der Waals surface area contributed by atoms with E-state index in [0.717, 1.165) is 109 Å². The van der Waals surface area contributed by atoms with Crippen LogP contribution in [0.25, 0.3) is 0 Å². The lowest BCUT2D eigenvalue weighted by atomic mass is 9.99. The third-order valence-corrected chi connectivity index (χ3v) is 9.09. The minimum atomic E-state index is -1.55. The second-order valence-electron chi connectivity index (χ2n) is 14.0. The fourth-order valence-electron chi connectivity index (χ4n) is 5.81. The minimum absolute atomic E-state index is 0.122. The van der Waals surface area contributed by atoms with Crippen molar-refractivity contribution in [2.45, 2.75) is 179 Å². The molecule has 0 radical (unpaired) electrons. The molecule has 1 saturated heterocycles. The molecule has 1 rings (SSSR count). The third-order valence-electron chi connectivity index (χ3n) is 9.09. The van der Waals surface area contributed by atoms with Crippen LogP contribution in [0.1, 0.15) is 142 Å². The van der Waals surface area contributed by atoms with Crippen LogP contribution in [0.4, 0.5) is 0 Å². The summed E-state index contributed by atoms with van der Waals surface area (Å²) in [7, 11) is 0.